The lowest BCUT2D eigenvalue weighted by Crippen LogP contribution is -2.34. The van der Waals surface area contributed by atoms with Crippen LogP contribution in [0.25, 0.3) is 0 Å². The highest BCUT2D eigenvalue weighted by Gasteiger charge is 2.64. The average Bonchev–Trinajstić information content (AvgIpc) is 2.48. The summed E-state index contributed by atoms with van der Waals surface area (Å²) in [6.07, 6.45) is 7.34. The first-order valence-electron chi connectivity index (χ1n) is 6.53. The summed E-state index contributed by atoms with van der Waals surface area (Å²) in [5.74, 6) is -0.895. The molecule has 91 valence electrons. The van der Waals surface area contributed by atoms with Crippen LogP contribution in [-0.2, 0) is 9.90 Å². The fourth-order valence-corrected chi connectivity index (χ4v) is 4.30. The first-order chi connectivity index (χ1) is 7.33. The van der Waals surface area contributed by atoms with Gasteiger partial charge in [-0.2, -0.15) is 0 Å². The second-order valence-corrected chi connectivity index (χ2v) is 6.69. The third-order valence-electron chi connectivity index (χ3n) is 6.18. The Balaban J connectivity index is 2.06. The smallest absolute Gasteiger partial charge is 0.247 e. The maximum atomic E-state index is 10.5. The van der Waals surface area contributed by atoms with E-state index in [-0.39, 0.29) is 6.42 Å². The molecule has 2 saturated carbocycles. The highest BCUT2D eigenvalue weighted by atomic mass is 16.4. The van der Waals surface area contributed by atoms with E-state index in [1.54, 1.807) is 0 Å². The van der Waals surface area contributed by atoms with Crippen molar-refractivity contribution in [3.63, 3.8) is 0 Å². The summed E-state index contributed by atoms with van der Waals surface area (Å²) in [5, 5.41) is 10.5. The number of carbonyl (C=O) groups excluding carboxylic acids is 1. The lowest BCUT2D eigenvalue weighted by Gasteiger charge is -2.41. The molecular formula is C14H23O2. The van der Waals surface area contributed by atoms with Crippen LogP contribution in [0, 0.1) is 16.2 Å². The fraction of sp³-hybridized carbons (Fsp3) is 0.929. The minimum atomic E-state index is -0.895. The summed E-state index contributed by atoms with van der Waals surface area (Å²) >= 11 is 0. The normalized spacial score (nSPS) is 40.2. The van der Waals surface area contributed by atoms with Crippen molar-refractivity contribution in [2.75, 3.05) is 0 Å². The van der Waals surface area contributed by atoms with E-state index in [0.717, 1.165) is 12.8 Å². The van der Waals surface area contributed by atoms with Crippen LogP contribution in [0.15, 0.2) is 0 Å². The number of fused-ring (bicyclic) bond motifs is 2. The SMILES string of the molecule is CC12CCC(CCCC([O])=O)(CC1)C2(C)C. The molecule has 2 fully saturated rings. The van der Waals surface area contributed by atoms with Crippen LogP contribution in [0.5, 0.6) is 0 Å². The van der Waals surface area contributed by atoms with Crippen LogP contribution in [0.4, 0.5) is 0 Å². The predicted octanol–water partition coefficient (Wildman–Crippen LogP) is 3.72. The summed E-state index contributed by atoms with van der Waals surface area (Å²) < 4.78 is 0. The molecule has 2 aliphatic rings. The van der Waals surface area contributed by atoms with E-state index in [2.05, 4.69) is 20.8 Å². The zero-order valence-corrected chi connectivity index (χ0v) is 10.8. The van der Waals surface area contributed by atoms with E-state index in [4.69, 9.17) is 0 Å². The third kappa shape index (κ3) is 1.42. The van der Waals surface area contributed by atoms with E-state index >= 15 is 0 Å². The molecule has 2 aliphatic carbocycles. The molecule has 0 aliphatic heterocycles. The number of rotatable bonds is 4. The number of hydrogen-bond acceptors (Lipinski definition) is 1. The molecule has 0 saturated heterocycles. The molecule has 2 rings (SSSR count). The summed E-state index contributed by atoms with van der Waals surface area (Å²) in [6.45, 7) is 7.21. The van der Waals surface area contributed by atoms with Crippen LogP contribution >= 0.6 is 0 Å². The predicted molar refractivity (Wildman–Crippen MR) is 62.3 cm³/mol. The molecule has 2 nitrogen and oxygen atoms in total. The highest BCUT2D eigenvalue weighted by molar-refractivity contribution is 5.66. The topological polar surface area (TPSA) is 37.0 Å². The van der Waals surface area contributed by atoms with Crippen molar-refractivity contribution < 1.29 is 9.90 Å². The van der Waals surface area contributed by atoms with Gasteiger partial charge in [-0.15, -0.1) is 0 Å². The molecular weight excluding hydrogens is 200 g/mol. The van der Waals surface area contributed by atoms with Crippen molar-refractivity contribution in [3.05, 3.63) is 0 Å². The van der Waals surface area contributed by atoms with Gasteiger partial charge in [0.15, 0.2) is 0 Å². The van der Waals surface area contributed by atoms with Gasteiger partial charge in [0.2, 0.25) is 0 Å². The molecule has 2 bridgehead atoms. The van der Waals surface area contributed by atoms with Gasteiger partial charge in [-0.05, 0) is 54.8 Å². The third-order valence-corrected chi connectivity index (χ3v) is 6.18. The Morgan fingerprint density at radius 1 is 1.06 bits per heavy atom. The van der Waals surface area contributed by atoms with Crippen molar-refractivity contribution in [2.45, 2.75) is 65.7 Å². The van der Waals surface area contributed by atoms with Crippen molar-refractivity contribution in [2.24, 2.45) is 16.2 Å². The van der Waals surface area contributed by atoms with Gasteiger partial charge in [0.05, 0.1) is 6.42 Å². The summed E-state index contributed by atoms with van der Waals surface area (Å²) in [6, 6.07) is 0. The van der Waals surface area contributed by atoms with Crippen molar-refractivity contribution in [3.8, 4) is 0 Å². The molecule has 0 heterocycles. The van der Waals surface area contributed by atoms with Crippen LogP contribution < -0.4 is 0 Å². The highest BCUT2D eigenvalue weighted by Crippen LogP contribution is 2.73. The van der Waals surface area contributed by atoms with Crippen molar-refractivity contribution in [1.29, 1.82) is 0 Å². The molecule has 1 radical (unpaired) electrons. The Morgan fingerprint density at radius 2 is 1.62 bits per heavy atom. The lowest BCUT2D eigenvalue weighted by molar-refractivity contribution is -0.143. The van der Waals surface area contributed by atoms with E-state index in [9.17, 15) is 9.90 Å². The number of hydrogen-bond donors (Lipinski definition) is 0. The second kappa shape index (κ2) is 3.48. The summed E-state index contributed by atoms with van der Waals surface area (Å²) in [5.41, 5.74) is 1.29. The Morgan fingerprint density at radius 3 is 2.00 bits per heavy atom. The molecule has 16 heavy (non-hydrogen) atoms. The van der Waals surface area contributed by atoms with Crippen LogP contribution in [-0.4, -0.2) is 5.97 Å². The maximum Gasteiger partial charge on any atom is 0.355 e. The van der Waals surface area contributed by atoms with Gasteiger partial charge in [0, 0.05) is 0 Å². The van der Waals surface area contributed by atoms with Gasteiger partial charge in [0.1, 0.15) is 0 Å². The van der Waals surface area contributed by atoms with Gasteiger partial charge in [0.25, 0.3) is 0 Å². The molecule has 0 atom stereocenters. The van der Waals surface area contributed by atoms with Crippen molar-refractivity contribution in [1.82, 2.24) is 0 Å². The Bertz CT molecular complexity index is 296. The molecule has 0 amide bonds. The molecule has 0 aromatic rings. The van der Waals surface area contributed by atoms with Crippen LogP contribution in [0.1, 0.15) is 65.7 Å². The summed E-state index contributed by atoms with van der Waals surface area (Å²) in [7, 11) is 0. The Hall–Kier alpha value is -0.530. The van der Waals surface area contributed by atoms with E-state index in [1.165, 1.54) is 25.7 Å². The molecule has 2 heteroatoms. The molecule has 0 aromatic heterocycles. The molecule has 0 N–H and O–H groups in total. The number of carbonyl (C=O) groups is 1. The minimum Gasteiger partial charge on any atom is -0.247 e. The molecule has 0 unspecified atom stereocenters. The lowest BCUT2D eigenvalue weighted by atomic mass is 9.63. The van der Waals surface area contributed by atoms with E-state index in [1.807, 2.05) is 0 Å². The van der Waals surface area contributed by atoms with E-state index < -0.39 is 5.97 Å². The van der Waals surface area contributed by atoms with Crippen molar-refractivity contribution >= 4 is 5.97 Å². The molecule has 0 aromatic carbocycles. The second-order valence-electron chi connectivity index (χ2n) is 6.69. The summed E-state index contributed by atoms with van der Waals surface area (Å²) in [4.78, 5) is 10.5. The van der Waals surface area contributed by atoms with E-state index in [0.29, 0.717) is 16.2 Å². The Kier molecular flexibility index (Phi) is 2.60. The monoisotopic (exact) mass is 223 g/mol. The maximum absolute atomic E-state index is 10.5. The zero-order valence-electron chi connectivity index (χ0n) is 10.8. The zero-order chi connectivity index (χ0) is 12.0. The fourth-order valence-electron chi connectivity index (χ4n) is 4.30. The average molecular weight is 223 g/mol. The van der Waals surface area contributed by atoms with Gasteiger partial charge in [-0.3, -0.25) is 0 Å². The largest absolute Gasteiger partial charge is 0.355 e. The van der Waals surface area contributed by atoms with Gasteiger partial charge >= 0.3 is 5.97 Å². The van der Waals surface area contributed by atoms with Gasteiger partial charge < -0.3 is 0 Å². The van der Waals surface area contributed by atoms with Crippen LogP contribution in [0.3, 0.4) is 0 Å². The quantitative estimate of drug-likeness (QED) is 0.715. The van der Waals surface area contributed by atoms with Gasteiger partial charge in [-0.25, -0.2) is 9.90 Å². The first-order valence-corrected chi connectivity index (χ1v) is 6.53. The first kappa shape index (κ1) is 11.9. The minimum absolute atomic E-state index is 0.231. The van der Waals surface area contributed by atoms with Gasteiger partial charge in [-0.1, -0.05) is 20.8 Å². The Labute approximate surface area is 98.4 Å². The molecule has 0 spiro atoms. The van der Waals surface area contributed by atoms with Crippen LogP contribution in [0.2, 0.25) is 0 Å². The standard InChI is InChI=1S/C14H23O2/c1-12(2)13(3)7-9-14(12,10-8-13)6-4-5-11(15)16/h4-10H2,1-3H3.